The van der Waals surface area contributed by atoms with E-state index in [1.165, 1.54) is 12.3 Å². The Bertz CT molecular complexity index is 417. The highest BCUT2D eigenvalue weighted by Gasteiger charge is 2.35. The number of pyridine rings is 1. The van der Waals surface area contributed by atoms with Crippen molar-refractivity contribution in [2.75, 3.05) is 6.61 Å². The van der Waals surface area contributed by atoms with Gasteiger partial charge >= 0.3 is 0 Å². The summed E-state index contributed by atoms with van der Waals surface area (Å²) in [6.45, 7) is -0.0285. The molecule has 0 spiro atoms. The molecule has 2 N–H and O–H groups in total. The lowest BCUT2D eigenvalue weighted by Crippen LogP contribution is -2.49. The third kappa shape index (κ3) is 2.76. The van der Waals surface area contributed by atoms with Crippen LogP contribution in [0.2, 0.25) is 5.02 Å². The van der Waals surface area contributed by atoms with E-state index in [4.69, 9.17) is 11.6 Å². The second-order valence-corrected chi connectivity index (χ2v) is 4.90. The normalized spacial score (nSPS) is 18.0. The van der Waals surface area contributed by atoms with E-state index in [-0.39, 0.29) is 18.2 Å². The summed E-state index contributed by atoms with van der Waals surface area (Å²) in [6, 6.07) is 3.15. The summed E-state index contributed by atoms with van der Waals surface area (Å²) in [5.74, 6) is -0.275. The van der Waals surface area contributed by atoms with E-state index in [0.29, 0.717) is 5.02 Å². The molecule has 5 heteroatoms. The van der Waals surface area contributed by atoms with Gasteiger partial charge in [0.25, 0.3) is 5.91 Å². The molecule has 1 saturated carbocycles. The predicted molar refractivity (Wildman–Crippen MR) is 65.0 cm³/mol. The summed E-state index contributed by atoms with van der Waals surface area (Å²) < 4.78 is 0. The summed E-state index contributed by atoms with van der Waals surface area (Å²) >= 11 is 5.80. The number of hydrogen-bond donors (Lipinski definition) is 2. The van der Waals surface area contributed by atoms with Crippen LogP contribution in [0.1, 0.15) is 36.2 Å². The van der Waals surface area contributed by atoms with E-state index >= 15 is 0 Å². The van der Waals surface area contributed by atoms with Gasteiger partial charge in [0.2, 0.25) is 0 Å². The predicted octanol–water partition coefficient (Wildman–Crippen LogP) is 1.77. The van der Waals surface area contributed by atoms with Crippen LogP contribution in [0.15, 0.2) is 18.3 Å². The molecule has 2 rings (SSSR count). The van der Waals surface area contributed by atoms with Crippen LogP contribution in [-0.2, 0) is 0 Å². The number of aromatic nitrogens is 1. The van der Waals surface area contributed by atoms with Crippen LogP contribution in [0.5, 0.6) is 0 Å². The molecule has 1 amide bonds. The van der Waals surface area contributed by atoms with Gasteiger partial charge in [0.1, 0.15) is 5.69 Å². The van der Waals surface area contributed by atoms with Crippen molar-refractivity contribution in [2.24, 2.45) is 0 Å². The zero-order valence-electron chi connectivity index (χ0n) is 9.45. The molecule has 92 valence electrons. The summed E-state index contributed by atoms with van der Waals surface area (Å²) in [5, 5.41) is 12.8. The lowest BCUT2D eigenvalue weighted by atomic mass is 9.99. The van der Waals surface area contributed by atoms with Gasteiger partial charge in [-0.25, -0.2) is 0 Å². The Balaban J connectivity index is 2.11. The molecule has 0 bridgehead atoms. The maximum atomic E-state index is 12.0. The fraction of sp³-hybridized carbons (Fsp3) is 0.500. The smallest absolute Gasteiger partial charge is 0.270 e. The van der Waals surface area contributed by atoms with Crippen molar-refractivity contribution < 1.29 is 9.90 Å². The van der Waals surface area contributed by atoms with Crippen molar-refractivity contribution >= 4 is 17.5 Å². The SMILES string of the molecule is O=C(NC1(CO)CCCC1)c1cc(Cl)ccn1. The maximum Gasteiger partial charge on any atom is 0.270 e. The molecule has 0 atom stereocenters. The standard InChI is InChI=1S/C12H15ClN2O2/c13-9-3-6-14-10(7-9)11(17)15-12(8-16)4-1-2-5-12/h3,6-7,16H,1-2,4-5,8H2,(H,15,17). The fourth-order valence-corrected chi connectivity index (χ4v) is 2.37. The number of aliphatic hydroxyl groups is 1. The second-order valence-electron chi connectivity index (χ2n) is 4.46. The highest BCUT2D eigenvalue weighted by Crippen LogP contribution is 2.29. The van der Waals surface area contributed by atoms with Crippen LogP contribution in [0.4, 0.5) is 0 Å². The van der Waals surface area contributed by atoms with Crippen molar-refractivity contribution in [2.45, 2.75) is 31.2 Å². The lowest BCUT2D eigenvalue weighted by Gasteiger charge is -2.27. The monoisotopic (exact) mass is 254 g/mol. The quantitative estimate of drug-likeness (QED) is 0.864. The van der Waals surface area contributed by atoms with Crippen molar-refractivity contribution in [1.29, 1.82) is 0 Å². The summed E-state index contributed by atoms with van der Waals surface area (Å²) in [5.41, 5.74) is -0.182. The van der Waals surface area contributed by atoms with Gasteiger partial charge in [0, 0.05) is 11.2 Å². The molecule has 0 aliphatic heterocycles. The van der Waals surface area contributed by atoms with E-state index in [9.17, 15) is 9.90 Å². The Kier molecular flexibility index (Phi) is 3.64. The maximum absolute atomic E-state index is 12.0. The molecule has 1 aliphatic carbocycles. The summed E-state index contributed by atoms with van der Waals surface area (Å²) in [6.07, 6.45) is 5.19. The van der Waals surface area contributed by atoms with Crippen LogP contribution >= 0.6 is 11.6 Å². The Hall–Kier alpha value is -1.13. The number of amides is 1. The van der Waals surface area contributed by atoms with E-state index < -0.39 is 5.54 Å². The molecule has 0 saturated heterocycles. The zero-order valence-corrected chi connectivity index (χ0v) is 10.2. The van der Waals surface area contributed by atoms with Crippen LogP contribution in [0.25, 0.3) is 0 Å². The summed E-state index contributed by atoms with van der Waals surface area (Å²) in [4.78, 5) is 15.9. The van der Waals surface area contributed by atoms with Crippen LogP contribution < -0.4 is 5.32 Å². The number of aliphatic hydroxyl groups excluding tert-OH is 1. The minimum absolute atomic E-state index is 0.0285. The molecule has 0 unspecified atom stereocenters. The van der Waals surface area contributed by atoms with E-state index in [1.54, 1.807) is 6.07 Å². The average molecular weight is 255 g/mol. The number of carbonyl (C=O) groups excluding carboxylic acids is 1. The molecular formula is C12H15ClN2O2. The van der Waals surface area contributed by atoms with Gasteiger partial charge < -0.3 is 10.4 Å². The highest BCUT2D eigenvalue weighted by atomic mass is 35.5. The zero-order chi connectivity index (χ0) is 12.3. The molecule has 1 aromatic rings. The van der Waals surface area contributed by atoms with Gasteiger partial charge in [0.15, 0.2) is 0 Å². The molecule has 4 nitrogen and oxygen atoms in total. The summed E-state index contributed by atoms with van der Waals surface area (Å²) in [7, 11) is 0. The molecule has 1 aromatic heterocycles. The molecule has 0 aromatic carbocycles. The topological polar surface area (TPSA) is 62.2 Å². The number of nitrogens with one attached hydrogen (secondary N) is 1. The largest absolute Gasteiger partial charge is 0.394 e. The first-order valence-corrected chi connectivity index (χ1v) is 6.08. The van der Waals surface area contributed by atoms with Gasteiger partial charge in [0.05, 0.1) is 12.1 Å². The molecule has 1 heterocycles. The number of hydrogen-bond acceptors (Lipinski definition) is 3. The van der Waals surface area contributed by atoms with Gasteiger partial charge in [-0.3, -0.25) is 9.78 Å². The minimum atomic E-state index is -0.471. The Labute approximate surface area is 105 Å². The Morgan fingerprint density at radius 3 is 2.82 bits per heavy atom. The van der Waals surface area contributed by atoms with Gasteiger partial charge in [-0.15, -0.1) is 0 Å². The average Bonchev–Trinajstić information content (AvgIpc) is 2.78. The van der Waals surface area contributed by atoms with Gasteiger partial charge in [-0.1, -0.05) is 24.4 Å². The third-order valence-corrected chi connectivity index (χ3v) is 3.43. The van der Waals surface area contributed by atoms with Crippen LogP contribution in [0, 0.1) is 0 Å². The molecule has 1 aliphatic rings. The second kappa shape index (κ2) is 5.02. The van der Waals surface area contributed by atoms with Crippen LogP contribution in [0.3, 0.4) is 0 Å². The van der Waals surface area contributed by atoms with Crippen molar-refractivity contribution in [3.05, 3.63) is 29.0 Å². The van der Waals surface area contributed by atoms with Gasteiger partial charge in [-0.05, 0) is 25.0 Å². The van der Waals surface area contributed by atoms with Crippen LogP contribution in [-0.4, -0.2) is 28.1 Å². The van der Waals surface area contributed by atoms with Crippen molar-refractivity contribution in [3.63, 3.8) is 0 Å². The third-order valence-electron chi connectivity index (χ3n) is 3.20. The first-order valence-electron chi connectivity index (χ1n) is 5.70. The van der Waals surface area contributed by atoms with E-state index in [1.807, 2.05) is 0 Å². The molecular weight excluding hydrogens is 240 g/mol. The fourth-order valence-electron chi connectivity index (χ4n) is 2.21. The number of carbonyl (C=O) groups is 1. The van der Waals surface area contributed by atoms with E-state index in [2.05, 4.69) is 10.3 Å². The molecule has 17 heavy (non-hydrogen) atoms. The highest BCUT2D eigenvalue weighted by molar-refractivity contribution is 6.30. The first-order chi connectivity index (χ1) is 8.15. The number of halogens is 1. The molecule has 0 radical (unpaired) electrons. The van der Waals surface area contributed by atoms with E-state index in [0.717, 1.165) is 25.7 Å². The number of rotatable bonds is 3. The van der Waals surface area contributed by atoms with Crippen molar-refractivity contribution in [3.8, 4) is 0 Å². The first kappa shape index (κ1) is 12.3. The Morgan fingerprint density at radius 1 is 1.53 bits per heavy atom. The Morgan fingerprint density at radius 2 is 2.24 bits per heavy atom. The molecule has 1 fully saturated rings. The number of nitrogens with zero attached hydrogens (tertiary/aromatic N) is 1. The minimum Gasteiger partial charge on any atom is -0.394 e. The van der Waals surface area contributed by atoms with Crippen molar-refractivity contribution in [1.82, 2.24) is 10.3 Å². The van der Waals surface area contributed by atoms with Gasteiger partial charge in [-0.2, -0.15) is 0 Å². The lowest BCUT2D eigenvalue weighted by molar-refractivity contribution is 0.0833.